The van der Waals surface area contributed by atoms with Gasteiger partial charge < -0.3 is 24.4 Å². The van der Waals surface area contributed by atoms with Crippen LogP contribution in [0.15, 0.2) is 0 Å². The quantitative estimate of drug-likeness (QED) is 0.429. The Hall–Kier alpha value is -2.36. The van der Waals surface area contributed by atoms with Gasteiger partial charge in [-0.3, -0.25) is 14.5 Å². The molecule has 0 radical (unpaired) electrons. The normalized spacial score (nSPS) is 32.5. The van der Waals surface area contributed by atoms with E-state index in [-0.39, 0.29) is 18.0 Å². The van der Waals surface area contributed by atoms with Crippen LogP contribution in [0.2, 0.25) is 0 Å². The number of nitrogens with one attached hydrogen (secondary N) is 1. The standard InChI is InChI=1S/C26H41N3O7/c1-24(2,3)36-23(33)29-8-6-28(7-9-29)15-19(20(30)34-4)27-21(31)25-11-17-10-18(12-25)14-26(13-17,16-25)22(32)35-5/h17-19H,6-16H2,1-5H3,(H,27,31). The molecule has 1 aliphatic heterocycles. The summed E-state index contributed by atoms with van der Waals surface area (Å²) in [4.78, 5) is 55.2. The first-order valence-corrected chi connectivity index (χ1v) is 13.1. The maximum absolute atomic E-state index is 13.7. The first kappa shape index (κ1) is 26.7. The van der Waals surface area contributed by atoms with Gasteiger partial charge in [0.05, 0.1) is 25.0 Å². The second kappa shape index (κ2) is 9.84. The average Bonchev–Trinajstić information content (AvgIpc) is 2.81. The molecular weight excluding hydrogens is 466 g/mol. The van der Waals surface area contributed by atoms with Gasteiger partial charge in [0.15, 0.2) is 0 Å². The van der Waals surface area contributed by atoms with Crippen molar-refractivity contribution in [2.45, 2.75) is 70.9 Å². The van der Waals surface area contributed by atoms with Crippen LogP contribution in [0.25, 0.3) is 0 Å². The molecule has 1 heterocycles. The number of hydrogen-bond acceptors (Lipinski definition) is 8. The Morgan fingerprint density at radius 1 is 0.917 bits per heavy atom. The molecule has 5 fully saturated rings. The Morgan fingerprint density at radius 3 is 2.03 bits per heavy atom. The summed E-state index contributed by atoms with van der Waals surface area (Å²) < 4.78 is 15.6. The second-order valence-electron chi connectivity index (χ2n) is 12.3. The number of hydrogen-bond donors (Lipinski definition) is 1. The molecule has 2 amide bonds. The number of rotatable bonds is 6. The molecule has 0 aromatic heterocycles. The van der Waals surface area contributed by atoms with Crippen molar-refractivity contribution in [2.75, 3.05) is 46.9 Å². The van der Waals surface area contributed by atoms with Crippen molar-refractivity contribution in [3.05, 3.63) is 0 Å². The van der Waals surface area contributed by atoms with Gasteiger partial charge in [0.25, 0.3) is 0 Å². The van der Waals surface area contributed by atoms with Crippen LogP contribution in [0.3, 0.4) is 0 Å². The van der Waals surface area contributed by atoms with Gasteiger partial charge in [-0.1, -0.05) is 0 Å². The highest BCUT2D eigenvalue weighted by atomic mass is 16.6. The molecule has 3 atom stereocenters. The van der Waals surface area contributed by atoms with Crippen LogP contribution >= 0.6 is 0 Å². The zero-order valence-corrected chi connectivity index (χ0v) is 22.3. The first-order valence-electron chi connectivity index (χ1n) is 13.1. The zero-order valence-electron chi connectivity index (χ0n) is 22.3. The minimum Gasteiger partial charge on any atom is -0.469 e. The van der Waals surface area contributed by atoms with E-state index in [2.05, 4.69) is 10.2 Å². The van der Waals surface area contributed by atoms with Gasteiger partial charge in [0, 0.05) is 32.7 Å². The third-order valence-electron chi connectivity index (χ3n) is 8.42. The monoisotopic (exact) mass is 507 g/mol. The SMILES string of the molecule is COC(=O)C(CN1CCN(C(=O)OC(C)(C)C)CC1)NC(=O)C12CC3CC(C1)CC(C(=O)OC)(C3)C2. The van der Waals surface area contributed by atoms with Crippen LogP contribution in [-0.4, -0.2) is 92.3 Å². The molecule has 10 nitrogen and oxygen atoms in total. The highest BCUT2D eigenvalue weighted by Gasteiger charge is 2.63. The summed E-state index contributed by atoms with van der Waals surface area (Å²) in [5, 5.41) is 3.00. The van der Waals surface area contributed by atoms with Crippen LogP contribution in [0.5, 0.6) is 0 Å². The summed E-state index contributed by atoms with van der Waals surface area (Å²) in [6.07, 6.45) is 4.25. The third kappa shape index (κ3) is 5.33. The molecule has 10 heteroatoms. The van der Waals surface area contributed by atoms with Crippen LogP contribution in [0.4, 0.5) is 4.79 Å². The van der Waals surface area contributed by atoms with Gasteiger partial charge in [0.2, 0.25) is 5.91 Å². The van der Waals surface area contributed by atoms with E-state index in [0.29, 0.717) is 51.0 Å². The van der Waals surface area contributed by atoms with Crippen LogP contribution in [-0.2, 0) is 28.6 Å². The molecule has 0 spiro atoms. The molecular formula is C26H41N3O7. The number of ether oxygens (including phenoxy) is 3. The summed E-state index contributed by atoms with van der Waals surface area (Å²) in [6.45, 7) is 7.88. The van der Waals surface area contributed by atoms with Crippen LogP contribution in [0.1, 0.15) is 59.3 Å². The van der Waals surface area contributed by atoms with Gasteiger partial charge in [-0.2, -0.15) is 0 Å². The Labute approximate surface area is 213 Å². The maximum atomic E-state index is 13.7. The lowest BCUT2D eigenvalue weighted by molar-refractivity contribution is -0.182. The Balaban J connectivity index is 1.40. The smallest absolute Gasteiger partial charge is 0.410 e. The van der Waals surface area contributed by atoms with E-state index in [0.717, 1.165) is 32.1 Å². The summed E-state index contributed by atoms with van der Waals surface area (Å²) >= 11 is 0. The first-order chi connectivity index (χ1) is 16.9. The lowest BCUT2D eigenvalue weighted by Crippen LogP contribution is -2.62. The molecule has 5 aliphatic rings. The van der Waals surface area contributed by atoms with Crippen molar-refractivity contribution in [3.8, 4) is 0 Å². The highest BCUT2D eigenvalue weighted by Crippen LogP contribution is 2.65. The average molecular weight is 508 g/mol. The summed E-state index contributed by atoms with van der Waals surface area (Å²) in [6, 6.07) is -0.822. The number of piperazine rings is 1. The fraction of sp³-hybridized carbons (Fsp3) is 0.846. The zero-order chi connectivity index (χ0) is 26.3. The van der Waals surface area contributed by atoms with E-state index < -0.39 is 28.4 Å². The second-order valence-corrected chi connectivity index (χ2v) is 12.3. The Morgan fingerprint density at radius 2 is 1.50 bits per heavy atom. The third-order valence-corrected chi connectivity index (χ3v) is 8.42. The molecule has 202 valence electrons. The van der Waals surface area contributed by atoms with Crippen molar-refractivity contribution in [2.24, 2.45) is 22.7 Å². The van der Waals surface area contributed by atoms with Crippen LogP contribution in [0, 0.1) is 22.7 Å². The molecule has 0 aromatic rings. The number of carbonyl (C=O) groups is 4. The summed E-state index contributed by atoms with van der Waals surface area (Å²) in [7, 11) is 2.74. The number of amides is 2. The van der Waals surface area contributed by atoms with Gasteiger partial charge in [-0.25, -0.2) is 9.59 Å². The topological polar surface area (TPSA) is 114 Å². The largest absolute Gasteiger partial charge is 0.469 e. The maximum Gasteiger partial charge on any atom is 0.410 e. The van der Waals surface area contributed by atoms with E-state index in [4.69, 9.17) is 14.2 Å². The summed E-state index contributed by atoms with van der Waals surface area (Å²) in [5.41, 5.74) is -1.80. The minimum atomic E-state index is -0.822. The van der Waals surface area contributed by atoms with E-state index in [1.54, 1.807) is 4.90 Å². The number of carbonyl (C=O) groups excluding carboxylic acids is 4. The molecule has 4 aliphatic carbocycles. The van der Waals surface area contributed by atoms with Crippen molar-refractivity contribution in [1.82, 2.24) is 15.1 Å². The number of nitrogens with zero attached hydrogens (tertiary/aromatic N) is 2. The van der Waals surface area contributed by atoms with E-state index in [9.17, 15) is 19.2 Å². The Kier molecular flexibility index (Phi) is 7.29. The molecule has 4 saturated carbocycles. The fourth-order valence-corrected chi connectivity index (χ4v) is 7.31. The predicted molar refractivity (Wildman–Crippen MR) is 130 cm³/mol. The molecule has 4 bridgehead atoms. The molecule has 5 rings (SSSR count). The van der Waals surface area contributed by atoms with E-state index in [1.165, 1.54) is 14.2 Å². The van der Waals surface area contributed by atoms with Gasteiger partial charge >= 0.3 is 18.0 Å². The highest BCUT2D eigenvalue weighted by molar-refractivity contribution is 5.90. The number of methoxy groups -OCH3 is 2. The Bertz CT molecular complexity index is 876. The van der Waals surface area contributed by atoms with Gasteiger partial charge in [-0.05, 0) is 71.1 Å². The van der Waals surface area contributed by atoms with Crippen molar-refractivity contribution < 1.29 is 33.4 Å². The van der Waals surface area contributed by atoms with E-state index >= 15 is 0 Å². The lowest BCUT2D eigenvalue weighted by Gasteiger charge is -2.59. The van der Waals surface area contributed by atoms with E-state index in [1.807, 2.05) is 20.8 Å². The molecule has 1 N–H and O–H groups in total. The number of esters is 2. The van der Waals surface area contributed by atoms with Crippen molar-refractivity contribution in [3.63, 3.8) is 0 Å². The van der Waals surface area contributed by atoms with Crippen LogP contribution < -0.4 is 5.32 Å². The molecule has 3 unspecified atom stereocenters. The molecule has 36 heavy (non-hydrogen) atoms. The molecule has 0 aromatic carbocycles. The summed E-state index contributed by atoms with van der Waals surface area (Å²) in [5.74, 6) is -0.207. The fourth-order valence-electron chi connectivity index (χ4n) is 7.31. The van der Waals surface area contributed by atoms with Gasteiger partial charge in [-0.15, -0.1) is 0 Å². The predicted octanol–water partition coefficient (Wildman–Crippen LogP) is 1.96. The minimum absolute atomic E-state index is 0.160. The lowest BCUT2D eigenvalue weighted by atomic mass is 9.44. The molecule has 1 saturated heterocycles. The van der Waals surface area contributed by atoms with Gasteiger partial charge in [0.1, 0.15) is 11.6 Å². The van der Waals surface area contributed by atoms with Crippen molar-refractivity contribution in [1.29, 1.82) is 0 Å². The van der Waals surface area contributed by atoms with Crippen molar-refractivity contribution >= 4 is 23.9 Å².